The van der Waals surface area contributed by atoms with Crippen LogP contribution in [0.5, 0.6) is 0 Å². The van der Waals surface area contributed by atoms with Gasteiger partial charge in [-0.1, -0.05) is 24.3 Å². The van der Waals surface area contributed by atoms with Crippen LogP contribution < -0.4 is 5.32 Å². The van der Waals surface area contributed by atoms with Crippen molar-refractivity contribution in [3.8, 4) is 0 Å². The quantitative estimate of drug-likeness (QED) is 0.915. The summed E-state index contributed by atoms with van der Waals surface area (Å²) in [5, 5.41) is 3.20. The van der Waals surface area contributed by atoms with E-state index in [9.17, 15) is 8.42 Å². The number of hydrogen-bond acceptors (Lipinski definition) is 3. The first-order valence-corrected chi connectivity index (χ1v) is 9.03. The van der Waals surface area contributed by atoms with Gasteiger partial charge in [-0.2, -0.15) is 17.0 Å². The Labute approximate surface area is 127 Å². The number of piperazine rings is 1. The molecule has 1 atom stereocenters. The monoisotopic (exact) mass is 309 g/mol. The summed E-state index contributed by atoms with van der Waals surface area (Å²) in [6.45, 7) is 5.30. The van der Waals surface area contributed by atoms with Crippen LogP contribution in [0.1, 0.15) is 30.0 Å². The van der Waals surface area contributed by atoms with Crippen LogP contribution in [0.3, 0.4) is 0 Å². The molecule has 0 aromatic heterocycles. The van der Waals surface area contributed by atoms with E-state index in [2.05, 4.69) is 24.4 Å². The molecule has 3 rings (SSSR count). The maximum absolute atomic E-state index is 12.9. The molecule has 0 radical (unpaired) electrons. The van der Waals surface area contributed by atoms with E-state index in [1.54, 1.807) is 8.61 Å². The molecule has 5 nitrogen and oxygen atoms in total. The Bertz CT molecular complexity index is 597. The fraction of sp³-hybridized carbons (Fsp3) is 0.600. The Morgan fingerprint density at radius 1 is 1.14 bits per heavy atom. The largest absolute Gasteiger partial charge is 0.314 e. The average molecular weight is 309 g/mol. The van der Waals surface area contributed by atoms with Crippen LogP contribution in [0.25, 0.3) is 0 Å². The molecule has 1 aromatic carbocycles. The van der Waals surface area contributed by atoms with E-state index in [1.807, 2.05) is 12.1 Å². The average Bonchev–Trinajstić information content (AvgIpc) is 2.99. The molecule has 0 spiro atoms. The predicted octanol–water partition coefficient (Wildman–Crippen LogP) is 1.28. The minimum absolute atomic E-state index is 0.00825. The normalized spacial score (nSPS) is 25.3. The van der Waals surface area contributed by atoms with Crippen molar-refractivity contribution in [2.24, 2.45) is 0 Å². The molecular weight excluding hydrogens is 286 g/mol. The zero-order valence-electron chi connectivity index (χ0n) is 12.5. The highest BCUT2D eigenvalue weighted by molar-refractivity contribution is 7.86. The molecular formula is C15H23N3O2S. The second-order valence-electron chi connectivity index (χ2n) is 5.78. The molecule has 0 aliphatic carbocycles. The van der Waals surface area contributed by atoms with E-state index >= 15 is 0 Å². The van der Waals surface area contributed by atoms with E-state index in [1.165, 1.54) is 5.56 Å². The van der Waals surface area contributed by atoms with Gasteiger partial charge in [-0.25, -0.2) is 0 Å². The molecule has 2 fully saturated rings. The standard InChI is InChI=1S/C15H23N3O2S/c1-13-5-2-3-6-14(13)15-7-4-10-18(15)21(19,20)17-11-8-16-9-12-17/h2-3,5-6,15-16H,4,7-12H2,1H3. The van der Waals surface area contributed by atoms with E-state index in [0.29, 0.717) is 19.6 Å². The number of nitrogens with one attached hydrogen (secondary N) is 1. The number of aryl methyl sites for hydroxylation is 1. The van der Waals surface area contributed by atoms with Crippen LogP contribution in [0, 0.1) is 6.92 Å². The minimum atomic E-state index is -3.35. The third kappa shape index (κ3) is 2.85. The van der Waals surface area contributed by atoms with Crippen LogP contribution in [-0.4, -0.2) is 49.8 Å². The lowest BCUT2D eigenvalue weighted by atomic mass is 10.0. The van der Waals surface area contributed by atoms with E-state index in [-0.39, 0.29) is 6.04 Å². The van der Waals surface area contributed by atoms with Crippen LogP contribution >= 0.6 is 0 Å². The summed E-state index contributed by atoms with van der Waals surface area (Å²) in [7, 11) is -3.35. The fourth-order valence-corrected chi connectivity index (χ4v) is 5.15. The molecule has 0 bridgehead atoms. The Morgan fingerprint density at radius 2 is 1.86 bits per heavy atom. The van der Waals surface area contributed by atoms with Crippen LogP contribution in [0.2, 0.25) is 0 Å². The highest BCUT2D eigenvalue weighted by atomic mass is 32.2. The van der Waals surface area contributed by atoms with E-state index in [4.69, 9.17) is 0 Å². The van der Waals surface area contributed by atoms with Gasteiger partial charge in [0.2, 0.25) is 0 Å². The Kier molecular flexibility index (Phi) is 4.31. The van der Waals surface area contributed by atoms with E-state index < -0.39 is 10.2 Å². The third-order valence-electron chi connectivity index (χ3n) is 4.45. The smallest absolute Gasteiger partial charge is 0.282 e. The molecule has 2 saturated heterocycles. The zero-order chi connectivity index (χ0) is 14.9. The van der Waals surface area contributed by atoms with Crippen molar-refractivity contribution in [1.29, 1.82) is 0 Å². The van der Waals surface area contributed by atoms with Gasteiger partial charge in [0.25, 0.3) is 10.2 Å². The maximum Gasteiger partial charge on any atom is 0.282 e. The molecule has 0 saturated carbocycles. The lowest BCUT2D eigenvalue weighted by Gasteiger charge is -2.33. The van der Waals surface area contributed by atoms with Crippen molar-refractivity contribution in [2.45, 2.75) is 25.8 Å². The van der Waals surface area contributed by atoms with Gasteiger partial charge in [0.15, 0.2) is 0 Å². The summed E-state index contributed by atoms with van der Waals surface area (Å²) in [6, 6.07) is 8.11. The topological polar surface area (TPSA) is 52.7 Å². The molecule has 2 aliphatic heterocycles. The van der Waals surface area contributed by atoms with Crippen molar-refractivity contribution in [3.63, 3.8) is 0 Å². The number of nitrogens with zero attached hydrogens (tertiary/aromatic N) is 2. The van der Waals surface area contributed by atoms with Crippen molar-refractivity contribution in [1.82, 2.24) is 13.9 Å². The number of benzene rings is 1. The van der Waals surface area contributed by atoms with Gasteiger partial charge in [0.1, 0.15) is 0 Å². The van der Waals surface area contributed by atoms with Crippen molar-refractivity contribution in [3.05, 3.63) is 35.4 Å². The molecule has 2 aliphatic rings. The van der Waals surface area contributed by atoms with Gasteiger partial charge >= 0.3 is 0 Å². The second kappa shape index (κ2) is 6.04. The molecule has 0 amide bonds. The Balaban J connectivity index is 1.88. The molecule has 1 unspecified atom stereocenters. The van der Waals surface area contributed by atoms with Gasteiger partial charge in [0.05, 0.1) is 6.04 Å². The van der Waals surface area contributed by atoms with Crippen LogP contribution in [0.4, 0.5) is 0 Å². The van der Waals surface area contributed by atoms with Gasteiger partial charge in [0, 0.05) is 32.7 Å². The molecule has 1 N–H and O–H groups in total. The minimum Gasteiger partial charge on any atom is -0.314 e. The lowest BCUT2D eigenvalue weighted by molar-refractivity contribution is 0.304. The highest BCUT2D eigenvalue weighted by Crippen LogP contribution is 2.36. The van der Waals surface area contributed by atoms with Gasteiger partial charge in [-0.15, -0.1) is 0 Å². The van der Waals surface area contributed by atoms with Gasteiger partial charge in [-0.3, -0.25) is 0 Å². The van der Waals surface area contributed by atoms with Crippen molar-refractivity contribution >= 4 is 10.2 Å². The lowest BCUT2D eigenvalue weighted by Crippen LogP contribution is -2.51. The predicted molar refractivity (Wildman–Crippen MR) is 83.2 cm³/mol. The first-order valence-electron chi connectivity index (χ1n) is 7.64. The van der Waals surface area contributed by atoms with Crippen LogP contribution in [-0.2, 0) is 10.2 Å². The SMILES string of the molecule is Cc1ccccc1C1CCCN1S(=O)(=O)N1CCNCC1. The fourth-order valence-electron chi connectivity index (χ4n) is 3.31. The van der Waals surface area contributed by atoms with Crippen molar-refractivity contribution in [2.75, 3.05) is 32.7 Å². The zero-order valence-corrected chi connectivity index (χ0v) is 13.3. The third-order valence-corrected chi connectivity index (χ3v) is 6.50. The van der Waals surface area contributed by atoms with Crippen molar-refractivity contribution < 1.29 is 8.42 Å². The van der Waals surface area contributed by atoms with Crippen LogP contribution in [0.15, 0.2) is 24.3 Å². The van der Waals surface area contributed by atoms with Gasteiger partial charge < -0.3 is 5.32 Å². The Morgan fingerprint density at radius 3 is 2.57 bits per heavy atom. The molecule has 6 heteroatoms. The highest BCUT2D eigenvalue weighted by Gasteiger charge is 2.39. The Hall–Kier alpha value is -0.950. The molecule has 21 heavy (non-hydrogen) atoms. The number of rotatable bonds is 3. The first-order chi connectivity index (χ1) is 10.1. The summed E-state index contributed by atoms with van der Waals surface area (Å²) in [5.74, 6) is 0. The second-order valence-corrected chi connectivity index (χ2v) is 7.66. The molecule has 1 aromatic rings. The van der Waals surface area contributed by atoms with Gasteiger partial charge in [-0.05, 0) is 30.9 Å². The number of hydrogen-bond donors (Lipinski definition) is 1. The first kappa shape index (κ1) is 15.0. The molecule has 2 heterocycles. The maximum atomic E-state index is 12.9. The summed E-state index contributed by atoms with van der Waals surface area (Å²) >= 11 is 0. The van der Waals surface area contributed by atoms with E-state index in [0.717, 1.165) is 31.5 Å². The summed E-state index contributed by atoms with van der Waals surface area (Å²) < 4.78 is 29.1. The summed E-state index contributed by atoms with van der Waals surface area (Å²) in [4.78, 5) is 0. The summed E-state index contributed by atoms with van der Waals surface area (Å²) in [6.07, 6.45) is 1.85. The molecule has 116 valence electrons. The summed E-state index contributed by atoms with van der Waals surface area (Å²) in [5.41, 5.74) is 2.32.